The summed E-state index contributed by atoms with van der Waals surface area (Å²) in [5.74, 6) is -0.0305. The van der Waals surface area contributed by atoms with E-state index in [2.05, 4.69) is 0 Å². The monoisotopic (exact) mass is 230 g/mol. The molecule has 0 aliphatic carbocycles. The summed E-state index contributed by atoms with van der Waals surface area (Å²) in [6.45, 7) is 5.95. The quantitative estimate of drug-likeness (QED) is 0.721. The first-order valence-corrected chi connectivity index (χ1v) is 5.68. The van der Waals surface area contributed by atoms with Crippen LogP contribution in [-0.2, 0) is 14.3 Å². The zero-order valence-corrected chi connectivity index (χ0v) is 10.4. The minimum absolute atomic E-state index is 0.0305. The lowest BCUT2D eigenvalue weighted by Crippen LogP contribution is -2.58. The number of methoxy groups -OCH3 is 1. The second-order valence-corrected chi connectivity index (χ2v) is 4.54. The van der Waals surface area contributed by atoms with Crippen molar-refractivity contribution in [1.82, 2.24) is 4.90 Å². The Hall–Kier alpha value is -0.650. The fourth-order valence-corrected chi connectivity index (χ4v) is 1.82. The molecule has 1 heterocycles. The maximum atomic E-state index is 12.3. The second kappa shape index (κ2) is 5.61. The minimum Gasteiger partial charge on any atom is -0.383 e. The van der Waals surface area contributed by atoms with Crippen molar-refractivity contribution in [2.45, 2.75) is 31.8 Å². The number of carbonyl (C=O) groups excluding carboxylic acids is 1. The van der Waals surface area contributed by atoms with Gasteiger partial charge < -0.3 is 20.1 Å². The van der Waals surface area contributed by atoms with E-state index in [1.54, 1.807) is 12.0 Å². The van der Waals surface area contributed by atoms with Crippen LogP contribution < -0.4 is 5.73 Å². The van der Waals surface area contributed by atoms with E-state index in [0.717, 1.165) is 0 Å². The SMILES string of the molecule is COCCN(C(=O)C1(N)CCOC1)C(C)C. The van der Waals surface area contributed by atoms with Crippen molar-refractivity contribution >= 4 is 5.91 Å². The first-order valence-electron chi connectivity index (χ1n) is 5.68. The summed E-state index contributed by atoms with van der Waals surface area (Å²) in [7, 11) is 1.62. The highest BCUT2D eigenvalue weighted by Crippen LogP contribution is 2.19. The normalized spacial score (nSPS) is 25.1. The Balaban J connectivity index is 2.66. The van der Waals surface area contributed by atoms with Crippen LogP contribution in [0, 0.1) is 0 Å². The average molecular weight is 230 g/mol. The molecule has 1 aliphatic rings. The van der Waals surface area contributed by atoms with Gasteiger partial charge in [0.05, 0.1) is 13.2 Å². The summed E-state index contributed by atoms with van der Waals surface area (Å²) in [4.78, 5) is 14.0. The molecular weight excluding hydrogens is 208 g/mol. The highest BCUT2D eigenvalue weighted by Gasteiger charge is 2.41. The van der Waals surface area contributed by atoms with Crippen LogP contribution in [0.1, 0.15) is 20.3 Å². The first kappa shape index (κ1) is 13.4. The van der Waals surface area contributed by atoms with E-state index in [1.165, 1.54) is 0 Å². The smallest absolute Gasteiger partial charge is 0.245 e. The fourth-order valence-electron chi connectivity index (χ4n) is 1.82. The maximum Gasteiger partial charge on any atom is 0.245 e. The number of hydrogen-bond donors (Lipinski definition) is 1. The van der Waals surface area contributed by atoms with Gasteiger partial charge in [0.15, 0.2) is 0 Å². The largest absolute Gasteiger partial charge is 0.383 e. The van der Waals surface area contributed by atoms with E-state index >= 15 is 0 Å². The molecule has 1 unspecified atom stereocenters. The van der Waals surface area contributed by atoms with E-state index in [-0.39, 0.29) is 11.9 Å². The van der Waals surface area contributed by atoms with Gasteiger partial charge in [-0.15, -0.1) is 0 Å². The Kier molecular flexibility index (Phi) is 4.70. The third kappa shape index (κ3) is 2.93. The molecule has 2 N–H and O–H groups in total. The molecule has 1 saturated heterocycles. The number of hydrogen-bond acceptors (Lipinski definition) is 4. The number of carbonyl (C=O) groups is 1. The van der Waals surface area contributed by atoms with E-state index < -0.39 is 5.54 Å². The molecule has 1 atom stereocenters. The Morgan fingerprint density at radius 2 is 2.31 bits per heavy atom. The van der Waals surface area contributed by atoms with Gasteiger partial charge in [0.2, 0.25) is 5.91 Å². The summed E-state index contributed by atoms with van der Waals surface area (Å²) in [5.41, 5.74) is 5.22. The molecule has 0 aromatic carbocycles. The van der Waals surface area contributed by atoms with Gasteiger partial charge in [-0.1, -0.05) is 0 Å². The summed E-state index contributed by atoms with van der Waals surface area (Å²) in [6.07, 6.45) is 0.599. The van der Waals surface area contributed by atoms with Crippen LogP contribution in [0.5, 0.6) is 0 Å². The molecule has 16 heavy (non-hydrogen) atoms. The number of nitrogens with two attached hydrogens (primary N) is 1. The lowest BCUT2D eigenvalue weighted by molar-refractivity contribution is -0.139. The number of nitrogens with zero attached hydrogens (tertiary/aromatic N) is 1. The summed E-state index contributed by atoms with van der Waals surface area (Å²) < 4.78 is 10.2. The summed E-state index contributed by atoms with van der Waals surface area (Å²) >= 11 is 0. The van der Waals surface area contributed by atoms with Gasteiger partial charge >= 0.3 is 0 Å². The second-order valence-electron chi connectivity index (χ2n) is 4.54. The molecule has 0 bridgehead atoms. The van der Waals surface area contributed by atoms with Crippen LogP contribution in [0.4, 0.5) is 0 Å². The predicted octanol–water partition coefficient (Wildman–Crippen LogP) is -0.0124. The number of ether oxygens (including phenoxy) is 2. The average Bonchev–Trinajstić information content (AvgIpc) is 2.66. The summed E-state index contributed by atoms with van der Waals surface area (Å²) in [5, 5.41) is 0. The van der Waals surface area contributed by atoms with E-state index in [1.807, 2.05) is 13.8 Å². The number of rotatable bonds is 5. The highest BCUT2D eigenvalue weighted by molar-refractivity contribution is 5.86. The van der Waals surface area contributed by atoms with Gasteiger partial charge in [-0.05, 0) is 20.3 Å². The molecule has 0 aromatic heterocycles. The van der Waals surface area contributed by atoms with Crippen LogP contribution in [0.3, 0.4) is 0 Å². The molecule has 1 aliphatic heterocycles. The number of amides is 1. The molecule has 5 heteroatoms. The molecule has 1 rings (SSSR count). The fraction of sp³-hybridized carbons (Fsp3) is 0.909. The maximum absolute atomic E-state index is 12.3. The van der Waals surface area contributed by atoms with Crippen molar-refractivity contribution in [2.24, 2.45) is 5.73 Å². The minimum atomic E-state index is -0.835. The van der Waals surface area contributed by atoms with Crippen molar-refractivity contribution in [1.29, 1.82) is 0 Å². The Labute approximate surface area is 96.9 Å². The van der Waals surface area contributed by atoms with Crippen molar-refractivity contribution in [3.63, 3.8) is 0 Å². The van der Waals surface area contributed by atoms with Crippen molar-refractivity contribution < 1.29 is 14.3 Å². The Bertz CT molecular complexity index is 237. The highest BCUT2D eigenvalue weighted by atomic mass is 16.5. The lowest BCUT2D eigenvalue weighted by Gasteiger charge is -2.33. The van der Waals surface area contributed by atoms with Crippen molar-refractivity contribution in [3.8, 4) is 0 Å². The molecule has 0 radical (unpaired) electrons. The van der Waals surface area contributed by atoms with Gasteiger partial charge in [0.25, 0.3) is 0 Å². The van der Waals surface area contributed by atoms with E-state index in [9.17, 15) is 4.79 Å². The molecule has 94 valence electrons. The predicted molar refractivity (Wildman–Crippen MR) is 61.1 cm³/mol. The molecule has 0 aromatic rings. The van der Waals surface area contributed by atoms with Crippen LogP contribution in [0.15, 0.2) is 0 Å². The van der Waals surface area contributed by atoms with Gasteiger partial charge in [-0.3, -0.25) is 4.79 Å². The standard InChI is InChI=1S/C11H22N2O3/c1-9(2)13(5-7-15-3)10(14)11(12)4-6-16-8-11/h9H,4-8,12H2,1-3H3. The molecule has 0 spiro atoms. The van der Waals surface area contributed by atoms with Crippen LogP contribution in [0.25, 0.3) is 0 Å². The first-order chi connectivity index (χ1) is 7.51. The zero-order valence-electron chi connectivity index (χ0n) is 10.4. The third-order valence-corrected chi connectivity index (χ3v) is 2.90. The van der Waals surface area contributed by atoms with Gasteiger partial charge in [-0.2, -0.15) is 0 Å². The van der Waals surface area contributed by atoms with Crippen LogP contribution in [-0.4, -0.2) is 55.9 Å². The van der Waals surface area contributed by atoms with Crippen LogP contribution >= 0.6 is 0 Å². The molecule has 0 saturated carbocycles. The van der Waals surface area contributed by atoms with E-state index in [0.29, 0.717) is 32.8 Å². The molecule has 5 nitrogen and oxygen atoms in total. The van der Waals surface area contributed by atoms with Crippen LogP contribution in [0.2, 0.25) is 0 Å². The van der Waals surface area contributed by atoms with Crippen molar-refractivity contribution in [3.05, 3.63) is 0 Å². The van der Waals surface area contributed by atoms with Gasteiger partial charge in [0.1, 0.15) is 5.54 Å². The topological polar surface area (TPSA) is 64.8 Å². The third-order valence-electron chi connectivity index (χ3n) is 2.90. The molecular formula is C11H22N2O3. The van der Waals surface area contributed by atoms with Gasteiger partial charge in [-0.25, -0.2) is 0 Å². The lowest BCUT2D eigenvalue weighted by atomic mass is 9.97. The Morgan fingerprint density at radius 1 is 1.62 bits per heavy atom. The Morgan fingerprint density at radius 3 is 2.75 bits per heavy atom. The van der Waals surface area contributed by atoms with Crippen molar-refractivity contribution in [2.75, 3.05) is 33.5 Å². The zero-order chi connectivity index (χ0) is 12.2. The van der Waals surface area contributed by atoms with Gasteiger partial charge in [0, 0.05) is 26.3 Å². The summed E-state index contributed by atoms with van der Waals surface area (Å²) in [6, 6.07) is 0.128. The van der Waals surface area contributed by atoms with E-state index in [4.69, 9.17) is 15.2 Å². The molecule has 1 amide bonds. The molecule has 1 fully saturated rings.